The Hall–Kier alpha value is -3.14. The van der Waals surface area contributed by atoms with Gasteiger partial charge in [0.05, 0.1) is 29.2 Å². The standard InChI is InChI=1S/C34H36BrN3O4S/c1-20-10-9-11-21(2)28(20)37-32(41)30-34-17-25(35)29(43-34)26(31(40)36-18-23-14-7-4-8-15-23)27(34)33(42)38(30)24(19-39)16-22-12-5-3-6-13-22/h3-15,24-27,29-30,39H,16-19H2,1-2H3,(H,36,40)(H,37,41)/t24-,25?,26-,27+,29-,30?,34?/m1/s1. The quantitative estimate of drug-likeness (QED) is 0.291. The highest BCUT2D eigenvalue weighted by Crippen LogP contribution is 2.68. The number of aliphatic hydroxyl groups excluding tert-OH is 1. The molecular formula is C34H36BrN3O4S. The summed E-state index contributed by atoms with van der Waals surface area (Å²) in [6.07, 6.45) is 0.974. The molecule has 0 radical (unpaired) electrons. The molecule has 6 rings (SSSR count). The lowest BCUT2D eigenvalue weighted by Gasteiger charge is -2.37. The zero-order valence-corrected chi connectivity index (χ0v) is 26.6. The van der Waals surface area contributed by atoms with Crippen LogP contribution in [0, 0.1) is 25.7 Å². The van der Waals surface area contributed by atoms with E-state index in [9.17, 15) is 19.5 Å². The highest BCUT2D eigenvalue weighted by Gasteiger charge is 2.76. The molecule has 224 valence electrons. The highest BCUT2D eigenvalue weighted by atomic mass is 79.9. The van der Waals surface area contributed by atoms with E-state index in [4.69, 9.17) is 0 Å². The minimum absolute atomic E-state index is 0.0360. The number of aryl methyl sites for hydroxylation is 2. The van der Waals surface area contributed by atoms with E-state index in [1.165, 1.54) is 0 Å². The third-order valence-corrected chi connectivity index (χ3v) is 12.5. The molecule has 3 N–H and O–H groups in total. The molecule has 7 nitrogen and oxygen atoms in total. The van der Waals surface area contributed by atoms with Crippen molar-refractivity contribution < 1.29 is 19.5 Å². The molecule has 3 aromatic carbocycles. The smallest absolute Gasteiger partial charge is 0.248 e. The van der Waals surface area contributed by atoms with Gasteiger partial charge in [-0.25, -0.2) is 0 Å². The van der Waals surface area contributed by atoms with Crippen LogP contribution < -0.4 is 10.6 Å². The summed E-state index contributed by atoms with van der Waals surface area (Å²) in [5.41, 5.74) is 4.53. The number of aliphatic hydroxyl groups is 1. The fourth-order valence-corrected chi connectivity index (χ4v) is 10.9. The molecule has 3 fully saturated rings. The maximum Gasteiger partial charge on any atom is 0.248 e. The number of nitrogens with one attached hydrogen (secondary N) is 2. The van der Waals surface area contributed by atoms with E-state index in [0.717, 1.165) is 27.9 Å². The molecule has 3 aromatic rings. The number of carbonyl (C=O) groups excluding carboxylic acids is 3. The molecule has 9 heteroatoms. The summed E-state index contributed by atoms with van der Waals surface area (Å²) < 4.78 is -0.810. The Bertz CT molecular complexity index is 1500. The van der Waals surface area contributed by atoms with Crippen molar-refractivity contribution in [3.05, 3.63) is 101 Å². The number of rotatable bonds is 9. The van der Waals surface area contributed by atoms with E-state index in [2.05, 4.69) is 26.6 Å². The van der Waals surface area contributed by atoms with Gasteiger partial charge in [0.15, 0.2) is 0 Å². The Kier molecular flexibility index (Phi) is 8.41. The first-order chi connectivity index (χ1) is 20.7. The number of halogens is 1. The number of anilines is 1. The number of carbonyl (C=O) groups is 3. The van der Waals surface area contributed by atoms with Gasteiger partial charge in [-0.15, -0.1) is 11.8 Å². The Balaban J connectivity index is 1.38. The Morgan fingerprint density at radius 2 is 1.60 bits per heavy atom. The SMILES string of the molecule is Cc1cccc(C)c1NC(=O)C1N([C@@H](CO)Cc2ccccc2)C(=O)[C@@H]2[C@@H](C(=O)NCc3ccccc3)[C@@H]3SC12CC3Br. The maximum absolute atomic E-state index is 14.6. The van der Waals surface area contributed by atoms with Crippen molar-refractivity contribution in [1.29, 1.82) is 0 Å². The number of nitrogens with zero attached hydrogens (tertiary/aromatic N) is 1. The second-order valence-corrected chi connectivity index (χ2v) is 14.6. The van der Waals surface area contributed by atoms with Crippen LogP contribution in [-0.4, -0.2) is 61.2 Å². The molecule has 2 bridgehead atoms. The monoisotopic (exact) mass is 661 g/mol. The minimum atomic E-state index is -0.855. The molecule has 3 aliphatic rings. The lowest BCUT2D eigenvalue weighted by atomic mass is 9.70. The lowest BCUT2D eigenvalue weighted by molar-refractivity contribution is -0.142. The van der Waals surface area contributed by atoms with E-state index < -0.39 is 28.7 Å². The summed E-state index contributed by atoms with van der Waals surface area (Å²) >= 11 is 5.43. The van der Waals surface area contributed by atoms with Gasteiger partial charge in [0.2, 0.25) is 17.7 Å². The molecule has 43 heavy (non-hydrogen) atoms. The maximum atomic E-state index is 14.6. The van der Waals surface area contributed by atoms with Crippen molar-refractivity contribution in [3.63, 3.8) is 0 Å². The fraction of sp³-hybridized carbons (Fsp3) is 0.382. The highest BCUT2D eigenvalue weighted by molar-refractivity contribution is 9.09. The second kappa shape index (κ2) is 12.1. The molecular weight excluding hydrogens is 626 g/mol. The van der Waals surface area contributed by atoms with E-state index in [1.807, 2.05) is 92.7 Å². The van der Waals surface area contributed by atoms with Gasteiger partial charge < -0.3 is 20.6 Å². The van der Waals surface area contributed by atoms with Gasteiger partial charge in [-0.05, 0) is 48.9 Å². The summed E-state index contributed by atoms with van der Waals surface area (Å²) in [6.45, 7) is 3.96. The van der Waals surface area contributed by atoms with Crippen molar-refractivity contribution in [2.75, 3.05) is 11.9 Å². The van der Waals surface area contributed by atoms with Crippen LogP contribution in [0.2, 0.25) is 0 Å². The van der Waals surface area contributed by atoms with Gasteiger partial charge in [-0.3, -0.25) is 14.4 Å². The summed E-state index contributed by atoms with van der Waals surface area (Å²) in [4.78, 5) is 44.5. The van der Waals surface area contributed by atoms with Crippen molar-refractivity contribution in [1.82, 2.24) is 10.2 Å². The largest absolute Gasteiger partial charge is 0.394 e. The number of thioether (sulfide) groups is 1. The van der Waals surface area contributed by atoms with Crippen molar-refractivity contribution in [2.45, 2.75) is 60.1 Å². The van der Waals surface area contributed by atoms with Crippen LogP contribution in [0.1, 0.15) is 28.7 Å². The van der Waals surface area contributed by atoms with Gasteiger partial charge in [-0.2, -0.15) is 0 Å². The number of alkyl halides is 1. The summed E-state index contributed by atoms with van der Waals surface area (Å²) in [6, 6.07) is 23.8. The first-order valence-corrected chi connectivity index (χ1v) is 16.5. The molecule has 0 aromatic heterocycles. The van der Waals surface area contributed by atoms with Gasteiger partial charge in [0.1, 0.15) is 6.04 Å². The molecule has 0 aliphatic carbocycles. The predicted octanol–water partition coefficient (Wildman–Crippen LogP) is 4.63. The number of benzene rings is 3. The summed E-state index contributed by atoms with van der Waals surface area (Å²) in [7, 11) is 0. The fourth-order valence-electron chi connectivity index (χ4n) is 7.30. The predicted molar refractivity (Wildman–Crippen MR) is 173 cm³/mol. The zero-order valence-electron chi connectivity index (χ0n) is 24.2. The number of hydrogen-bond acceptors (Lipinski definition) is 5. The molecule has 0 saturated carbocycles. The second-order valence-electron chi connectivity index (χ2n) is 11.9. The molecule has 3 amide bonds. The van der Waals surface area contributed by atoms with Crippen LogP contribution >= 0.6 is 27.7 Å². The van der Waals surface area contributed by atoms with E-state index >= 15 is 0 Å². The lowest BCUT2D eigenvalue weighted by Crippen LogP contribution is -2.56. The van der Waals surface area contributed by atoms with Crippen LogP contribution in [0.25, 0.3) is 0 Å². The van der Waals surface area contributed by atoms with Crippen molar-refractivity contribution in [2.24, 2.45) is 11.8 Å². The summed E-state index contributed by atoms with van der Waals surface area (Å²) in [5, 5.41) is 16.8. The average Bonchev–Trinajstić information content (AvgIpc) is 3.61. The Labute approximate surface area is 264 Å². The van der Waals surface area contributed by atoms with Crippen LogP contribution in [-0.2, 0) is 27.3 Å². The number of amides is 3. The molecule has 7 atom stereocenters. The minimum Gasteiger partial charge on any atom is -0.394 e. The third-order valence-electron chi connectivity index (χ3n) is 9.24. The zero-order chi connectivity index (χ0) is 30.3. The normalized spacial score (nSPS) is 28.0. The topological polar surface area (TPSA) is 98.7 Å². The number of likely N-dealkylation sites (tertiary alicyclic amines) is 1. The average molecular weight is 663 g/mol. The molecule has 3 unspecified atom stereocenters. The molecule has 3 saturated heterocycles. The molecule has 3 aliphatic heterocycles. The number of hydrogen-bond donors (Lipinski definition) is 3. The van der Waals surface area contributed by atoms with Crippen LogP contribution in [0.5, 0.6) is 0 Å². The van der Waals surface area contributed by atoms with Gasteiger partial charge in [0, 0.05) is 22.3 Å². The first-order valence-electron chi connectivity index (χ1n) is 14.7. The molecule has 3 heterocycles. The van der Waals surface area contributed by atoms with Gasteiger partial charge >= 0.3 is 0 Å². The van der Waals surface area contributed by atoms with E-state index in [0.29, 0.717) is 19.4 Å². The van der Waals surface area contributed by atoms with Crippen molar-refractivity contribution >= 4 is 51.1 Å². The van der Waals surface area contributed by atoms with Gasteiger partial charge in [-0.1, -0.05) is 94.8 Å². The van der Waals surface area contributed by atoms with Crippen molar-refractivity contribution in [3.8, 4) is 0 Å². The summed E-state index contributed by atoms with van der Waals surface area (Å²) in [5.74, 6) is -1.96. The third kappa shape index (κ3) is 5.29. The van der Waals surface area contributed by atoms with E-state index in [1.54, 1.807) is 16.7 Å². The first kappa shape index (κ1) is 29.9. The van der Waals surface area contributed by atoms with Gasteiger partial charge in [0.25, 0.3) is 0 Å². The van der Waals surface area contributed by atoms with E-state index in [-0.39, 0.29) is 34.4 Å². The Morgan fingerprint density at radius 1 is 0.977 bits per heavy atom. The van der Waals surface area contributed by atoms with Crippen LogP contribution in [0.4, 0.5) is 5.69 Å². The Morgan fingerprint density at radius 3 is 2.23 bits per heavy atom. The van der Waals surface area contributed by atoms with Crippen LogP contribution in [0.15, 0.2) is 78.9 Å². The van der Waals surface area contributed by atoms with Crippen LogP contribution in [0.3, 0.4) is 0 Å². The number of fused-ring (bicyclic) bond motifs is 1. The number of para-hydroxylation sites is 1. The molecule has 1 spiro atoms.